The molecule has 0 spiro atoms. The van der Waals surface area contributed by atoms with Gasteiger partial charge in [0, 0.05) is 30.2 Å². The number of nitrogens with zero attached hydrogens (tertiary/aromatic N) is 1. The number of nitrogen functional groups attached to an aromatic ring is 1. The third-order valence-corrected chi connectivity index (χ3v) is 2.49. The highest BCUT2D eigenvalue weighted by Crippen LogP contribution is 2.25. The average molecular weight is 230 g/mol. The van der Waals surface area contributed by atoms with Crippen LogP contribution in [-0.4, -0.2) is 17.4 Å². The van der Waals surface area contributed by atoms with Gasteiger partial charge in [-0.25, -0.2) is 0 Å². The third-order valence-electron chi connectivity index (χ3n) is 2.49. The summed E-state index contributed by atoms with van der Waals surface area (Å²) in [5, 5.41) is 4.09. The number of nitrogens with one attached hydrogen (secondary N) is 1. The largest absolute Gasteiger partial charge is 0.397 e. The minimum absolute atomic E-state index is 0.298. The van der Waals surface area contributed by atoms with Gasteiger partial charge in [0.15, 0.2) is 0 Å². The van der Waals surface area contributed by atoms with Gasteiger partial charge in [-0.2, -0.15) is 0 Å². The number of hydrogen-bond donors (Lipinski definition) is 3. The van der Waals surface area contributed by atoms with Crippen LogP contribution in [0.4, 0.5) is 11.4 Å². The monoisotopic (exact) mass is 230 g/mol. The van der Waals surface area contributed by atoms with Crippen LogP contribution in [0.1, 0.15) is 6.42 Å². The Morgan fingerprint density at radius 2 is 2.18 bits per heavy atom. The molecule has 0 unspecified atom stereocenters. The minimum atomic E-state index is -0.324. The smallest absolute Gasteiger partial charge is 0.219 e. The molecule has 0 saturated carbocycles. The normalized spacial score (nSPS) is 10.4. The van der Waals surface area contributed by atoms with Crippen LogP contribution in [0.15, 0.2) is 30.5 Å². The average Bonchev–Trinajstić information content (AvgIpc) is 2.30. The SMILES string of the molecule is NC(=O)CCNc1ccnc2c(N)cccc12. The molecule has 88 valence electrons. The fourth-order valence-electron chi connectivity index (χ4n) is 1.67. The van der Waals surface area contributed by atoms with Gasteiger partial charge in [0.2, 0.25) is 5.91 Å². The number of fused-ring (bicyclic) bond motifs is 1. The van der Waals surface area contributed by atoms with E-state index in [4.69, 9.17) is 11.5 Å². The lowest BCUT2D eigenvalue weighted by atomic mass is 10.1. The molecule has 17 heavy (non-hydrogen) atoms. The van der Waals surface area contributed by atoms with E-state index in [9.17, 15) is 4.79 Å². The summed E-state index contributed by atoms with van der Waals surface area (Å²) in [7, 11) is 0. The van der Waals surface area contributed by atoms with Crippen LogP contribution < -0.4 is 16.8 Å². The van der Waals surface area contributed by atoms with Crippen LogP contribution in [0.3, 0.4) is 0 Å². The van der Waals surface area contributed by atoms with Crippen molar-refractivity contribution in [2.45, 2.75) is 6.42 Å². The van der Waals surface area contributed by atoms with Crippen LogP contribution in [0.25, 0.3) is 10.9 Å². The molecule has 0 aliphatic rings. The summed E-state index contributed by atoms with van der Waals surface area (Å²) in [6, 6.07) is 7.47. The zero-order valence-electron chi connectivity index (χ0n) is 9.31. The lowest BCUT2D eigenvalue weighted by molar-refractivity contribution is -0.117. The molecule has 1 heterocycles. The highest BCUT2D eigenvalue weighted by molar-refractivity contribution is 5.97. The van der Waals surface area contributed by atoms with Crippen molar-refractivity contribution >= 4 is 28.2 Å². The number of primary amides is 1. The minimum Gasteiger partial charge on any atom is -0.397 e. The first-order valence-corrected chi connectivity index (χ1v) is 5.34. The van der Waals surface area contributed by atoms with Crippen molar-refractivity contribution in [2.24, 2.45) is 5.73 Å². The van der Waals surface area contributed by atoms with Gasteiger partial charge < -0.3 is 16.8 Å². The summed E-state index contributed by atoms with van der Waals surface area (Å²) >= 11 is 0. The van der Waals surface area contributed by atoms with Gasteiger partial charge in [-0.1, -0.05) is 12.1 Å². The van der Waals surface area contributed by atoms with Crippen molar-refractivity contribution in [1.29, 1.82) is 0 Å². The van der Waals surface area contributed by atoms with Gasteiger partial charge in [-0.15, -0.1) is 0 Å². The standard InChI is InChI=1S/C12H14N4O/c13-9-3-1-2-8-10(4-6-16-12(8)9)15-7-5-11(14)17/h1-4,6H,5,7,13H2,(H2,14,17)(H,15,16). The molecule has 2 aromatic rings. The molecule has 0 aliphatic heterocycles. The van der Waals surface area contributed by atoms with E-state index in [0.717, 1.165) is 16.6 Å². The lowest BCUT2D eigenvalue weighted by Gasteiger charge is -2.09. The van der Waals surface area contributed by atoms with E-state index in [-0.39, 0.29) is 5.91 Å². The maximum atomic E-state index is 10.7. The predicted octanol–water partition coefficient (Wildman–Crippen LogP) is 1.10. The number of amides is 1. The fraction of sp³-hybridized carbons (Fsp3) is 0.167. The molecular weight excluding hydrogens is 216 g/mol. The van der Waals surface area contributed by atoms with E-state index in [1.165, 1.54) is 0 Å². The Labute approximate surface area is 98.8 Å². The second-order valence-electron chi connectivity index (χ2n) is 3.75. The van der Waals surface area contributed by atoms with Gasteiger partial charge in [0.1, 0.15) is 0 Å². The molecule has 0 atom stereocenters. The van der Waals surface area contributed by atoms with Crippen molar-refractivity contribution in [3.05, 3.63) is 30.5 Å². The number of anilines is 2. The van der Waals surface area contributed by atoms with Crippen LogP contribution in [0, 0.1) is 0 Å². The van der Waals surface area contributed by atoms with Gasteiger partial charge >= 0.3 is 0 Å². The molecule has 0 bridgehead atoms. The summed E-state index contributed by atoms with van der Waals surface area (Å²) in [6.45, 7) is 0.503. The molecule has 1 aromatic heterocycles. The van der Waals surface area contributed by atoms with Gasteiger partial charge in [-0.05, 0) is 12.1 Å². The zero-order chi connectivity index (χ0) is 12.3. The summed E-state index contributed by atoms with van der Waals surface area (Å²) < 4.78 is 0. The maximum Gasteiger partial charge on any atom is 0.219 e. The van der Waals surface area contributed by atoms with Crippen molar-refractivity contribution in [2.75, 3.05) is 17.6 Å². The van der Waals surface area contributed by atoms with Crippen molar-refractivity contribution in [1.82, 2.24) is 4.98 Å². The Kier molecular flexibility index (Phi) is 3.09. The number of nitrogens with two attached hydrogens (primary N) is 2. The number of pyridine rings is 1. The van der Waals surface area contributed by atoms with E-state index in [1.54, 1.807) is 6.20 Å². The Morgan fingerprint density at radius 1 is 1.35 bits per heavy atom. The topological polar surface area (TPSA) is 94.0 Å². The lowest BCUT2D eigenvalue weighted by Crippen LogP contribution is -2.15. The Balaban J connectivity index is 2.28. The second kappa shape index (κ2) is 4.69. The van der Waals surface area contributed by atoms with E-state index >= 15 is 0 Å². The number of carbonyl (C=O) groups excluding carboxylic acids is 1. The maximum absolute atomic E-state index is 10.7. The number of para-hydroxylation sites is 1. The first-order chi connectivity index (χ1) is 8.18. The van der Waals surface area contributed by atoms with Crippen LogP contribution in [-0.2, 0) is 4.79 Å². The molecule has 1 amide bonds. The number of rotatable bonds is 4. The van der Waals surface area contributed by atoms with Crippen molar-refractivity contribution < 1.29 is 4.79 Å². The Hall–Kier alpha value is -2.30. The van der Waals surface area contributed by atoms with Gasteiger partial charge in [0.25, 0.3) is 0 Å². The number of benzene rings is 1. The zero-order valence-corrected chi connectivity index (χ0v) is 9.31. The summed E-state index contributed by atoms with van der Waals surface area (Å²) in [5.41, 5.74) is 13.2. The molecule has 5 N–H and O–H groups in total. The highest BCUT2D eigenvalue weighted by atomic mass is 16.1. The van der Waals surface area contributed by atoms with E-state index < -0.39 is 0 Å². The molecule has 0 aliphatic carbocycles. The second-order valence-corrected chi connectivity index (χ2v) is 3.75. The number of aromatic nitrogens is 1. The number of carbonyl (C=O) groups is 1. The first kappa shape index (κ1) is 11.2. The van der Waals surface area contributed by atoms with E-state index in [0.29, 0.717) is 18.7 Å². The van der Waals surface area contributed by atoms with Crippen molar-refractivity contribution in [3.8, 4) is 0 Å². The predicted molar refractivity (Wildman–Crippen MR) is 68.5 cm³/mol. The van der Waals surface area contributed by atoms with Crippen LogP contribution >= 0.6 is 0 Å². The Morgan fingerprint density at radius 3 is 2.94 bits per heavy atom. The molecule has 0 radical (unpaired) electrons. The van der Waals surface area contributed by atoms with Gasteiger partial charge in [-0.3, -0.25) is 9.78 Å². The Bertz CT molecular complexity index is 553. The van der Waals surface area contributed by atoms with Crippen LogP contribution in [0.2, 0.25) is 0 Å². The molecule has 2 rings (SSSR count). The molecular formula is C12H14N4O. The molecule has 0 fully saturated rings. The fourth-order valence-corrected chi connectivity index (χ4v) is 1.67. The molecule has 5 heteroatoms. The summed E-state index contributed by atoms with van der Waals surface area (Å²) in [5.74, 6) is -0.324. The molecule has 0 saturated heterocycles. The molecule has 1 aromatic carbocycles. The van der Waals surface area contributed by atoms with Gasteiger partial charge in [0.05, 0.1) is 11.2 Å². The molecule has 5 nitrogen and oxygen atoms in total. The van der Waals surface area contributed by atoms with E-state index in [1.807, 2.05) is 24.3 Å². The highest BCUT2D eigenvalue weighted by Gasteiger charge is 2.03. The third kappa shape index (κ3) is 2.44. The summed E-state index contributed by atoms with van der Waals surface area (Å²) in [4.78, 5) is 14.9. The van der Waals surface area contributed by atoms with Crippen LogP contribution in [0.5, 0.6) is 0 Å². The number of hydrogen-bond acceptors (Lipinski definition) is 4. The quantitative estimate of drug-likeness (QED) is 0.685. The summed E-state index contributed by atoms with van der Waals surface area (Å²) in [6.07, 6.45) is 1.98. The van der Waals surface area contributed by atoms with Crippen molar-refractivity contribution in [3.63, 3.8) is 0 Å². The van der Waals surface area contributed by atoms with E-state index in [2.05, 4.69) is 10.3 Å². The first-order valence-electron chi connectivity index (χ1n) is 5.34.